The zero-order chi connectivity index (χ0) is 14.6. The average Bonchev–Trinajstić information content (AvgIpc) is 2.49. The minimum atomic E-state index is 0.171. The largest absolute Gasteiger partial charge is 0.297 e. The van der Waals surface area contributed by atoms with Crippen LogP contribution in [0.3, 0.4) is 0 Å². The first-order valence-electron chi connectivity index (χ1n) is 8.82. The van der Waals surface area contributed by atoms with Crippen LogP contribution in [-0.2, 0) is 0 Å². The molecule has 3 N–H and O–H groups in total. The molecule has 3 unspecified atom stereocenters. The third kappa shape index (κ3) is 3.37. The van der Waals surface area contributed by atoms with Crippen molar-refractivity contribution in [2.45, 2.75) is 83.7 Å². The Hall–Kier alpha value is -0.120. The number of nitrogens with two attached hydrogens (primary N) is 1. The Balaban J connectivity index is 2.11. The summed E-state index contributed by atoms with van der Waals surface area (Å²) in [4.78, 5) is 2.68. The van der Waals surface area contributed by atoms with Gasteiger partial charge in [0.2, 0.25) is 0 Å². The van der Waals surface area contributed by atoms with Gasteiger partial charge in [-0.15, -0.1) is 0 Å². The molecule has 118 valence electrons. The van der Waals surface area contributed by atoms with Crippen molar-refractivity contribution in [1.82, 2.24) is 10.3 Å². The zero-order valence-electron chi connectivity index (χ0n) is 13.8. The van der Waals surface area contributed by atoms with Gasteiger partial charge in [-0.2, -0.15) is 0 Å². The second kappa shape index (κ2) is 7.24. The van der Waals surface area contributed by atoms with Crippen LogP contribution in [0.5, 0.6) is 0 Å². The molecule has 2 fully saturated rings. The van der Waals surface area contributed by atoms with Crippen LogP contribution in [-0.4, -0.2) is 29.6 Å². The van der Waals surface area contributed by atoms with Crippen molar-refractivity contribution in [2.75, 3.05) is 13.1 Å². The molecule has 1 aliphatic heterocycles. The Morgan fingerprint density at radius 1 is 1.10 bits per heavy atom. The molecule has 0 amide bonds. The predicted octanol–water partition coefficient (Wildman–Crippen LogP) is 3.30. The zero-order valence-corrected chi connectivity index (χ0v) is 13.8. The van der Waals surface area contributed by atoms with E-state index in [1.54, 1.807) is 0 Å². The van der Waals surface area contributed by atoms with E-state index in [1.807, 2.05) is 0 Å². The highest BCUT2D eigenvalue weighted by atomic mass is 15.3. The molecule has 3 heteroatoms. The van der Waals surface area contributed by atoms with Crippen LogP contribution in [0.4, 0.5) is 0 Å². The van der Waals surface area contributed by atoms with Crippen molar-refractivity contribution >= 4 is 0 Å². The van der Waals surface area contributed by atoms with Gasteiger partial charge in [0.05, 0.1) is 0 Å². The quantitative estimate of drug-likeness (QED) is 0.600. The van der Waals surface area contributed by atoms with Gasteiger partial charge in [-0.05, 0) is 58.0 Å². The molecule has 1 saturated heterocycles. The lowest BCUT2D eigenvalue weighted by Crippen LogP contribution is -2.64. The number of hydrazine groups is 1. The maximum Gasteiger partial charge on any atom is 0.0420 e. The fraction of sp³-hybridized carbons (Fsp3) is 1.00. The number of hydrogen-bond acceptors (Lipinski definition) is 3. The first kappa shape index (κ1) is 16.3. The normalized spacial score (nSPS) is 31.2. The lowest BCUT2D eigenvalue weighted by Gasteiger charge is -2.50. The molecule has 2 aliphatic rings. The maximum atomic E-state index is 6.04. The van der Waals surface area contributed by atoms with E-state index in [4.69, 9.17) is 5.84 Å². The molecule has 0 spiro atoms. The van der Waals surface area contributed by atoms with E-state index < -0.39 is 0 Å². The van der Waals surface area contributed by atoms with E-state index in [0.717, 1.165) is 11.8 Å². The molecular formula is C17H35N3. The number of piperidine rings is 1. The fourth-order valence-corrected chi connectivity index (χ4v) is 4.70. The van der Waals surface area contributed by atoms with Crippen molar-refractivity contribution in [3.05, 3.63) is 0 Å². The highest BCUT2D eigenvalue weighted by Gasteiger charge is 2.42. The Kier molecular flexibility index (Phi) is 5.88. The van der Waals surface area contributed by atoms with E-state index in [2.05, 4.69) is 31.1 Å². The second-order valence-corrected chi connectivity index (χ2v) is 7.46. The highest BCUT2D eigenvalue weighted by molar-refractivity contribution is 4.99. The number of nitrogens with one attached hydrogen (secondary N) is 1. The summed E-state index contributed by atoms with van der Waals surface area (Å²) in [7, 11) is 0. The maximum absolute atomic E-state index is 6.04. The number of nitrogens with zero attached hydrogens (tertiary/aromatic N) is 1. The van der Waals surface area contributed by atoms with Crippen LogP contribution in [0.25, 0.3) is 0 Å². The third-order valence-corrected chi connectivity index (χ3v) is 6.03. The summed E-state index contributed by atoms with van der Waals surface area (Å²) in [6.07, 6.45) is 10.9. The molecule has 20 heavy (non-hydrogen) atoms. The smallest absolute Gasteiger partial charge is 0.0420 e. The van der Waals surface area contributed by atoms with Gasteiger partial charge in [0, 0.05) is 11.6 Å². The van der Waals surface area contributed by atoms with Crippen LogP contribution < -0.4 is 11.3 Å². The lowest BCUT2D eigenvalue weighted by atomic mass is 9.69. The Bertz CT molecular complexity index is 284. The summed E-state index contributed by atoms with van der Waals surface area (Å²) in [6.45, 7) is 9.65. The van der Waals surface area contributed by atoms with Crippen LogP contribution in [0, 0.1) is 11.8 Å². The van der Waals surface area contributed by atoms with Gasteiger partial charge in [0.15, 0.2) is 0 Å². The molecule has 0 bridgehead atoms. The van der Waals surface area contributed by atoms with E-state index >= 15 is 0 Å². The summed E-state index contributed by atoms with van der Waals surface area (Å²) in [5, 5.41) is 0. The number of likely N-dealkylation sites (tertiary alicyclic amines) is 1. The molecule has 1 saturated carbocycles. The lowest BCUT2D eigenvalue weighted by molar-refractivity contribution is 0.0162. The minimum Gasteiger partial charge on any atom is -0.297 e. The standard InChI is InChI=1S/C17H35N3/c1-4-14-10-6-7-11-15(14)16(19-18)17(2,3)20-12-8-5-9-13-20/h14-16,19H,4-13,18H2,1-3H3. The summed E-state index contributed by atoms with van der Waals surface area (Å²) in [5.41, 5.74) is 3.40. The molecule has 0 aromatic rings. The van der Waals surface area contributed by atoms with Crippen LogP contribution in [0.1, 0.15) is 72.1 Å². The number of rotatable bonds is 5. The highest BCUT2D eigenvalue weighted by Crippen LogP contribution is 2.39. The molecule has 2 rings (SSSR count). The van der Waals surface area contributed by atoms with E-state index in [-0.39, 0.29) is 5.54 Å². The third-order valence-electron chi connectivity index (χ3n) is 6.03. The molecule has 1 aliphatic carbocycles. The average molecular weight is 281 g/mol. The van der Waals surface area contributed by atoms with Gasteiger partial charge in [0.1, 0.15) is 0 Å². The van der Waals surface area contributed by atoms with Gasteiger partial charge in [-0.3, -0.25) is 16.2 Å². The van der Waals surface area contributed by atoms with Crippen LogP contribution in [0.2, 0.25) is 0 Å². The topological polar surface area (TPSA) is 41.3 Å². The van der Waals surface area contributed by atoms with Crippen molar-refractivity contribution < 1.29 is 0 Å². The molecule has 0 aromatic carbocycles. The Morgan fingerprint density at radius 3 is 2.35 bits per heavy atom. The van der Waals surface area contributed by atoms with Crippen molar-refractivity contribution in [3.63, 3.8) is 0 Å². The van der Waals surface area contributed by atoms with E-state index in [0.29, 0.717) is 6.04 Å². The molecule has 1 heterocycles. The van der Waals surface area contributed by atoms with Crippen molar-refractivity contribution in [2.24, 2.45) is 17.7 Å². The van der Waals surface area contributed by atoms with E-state index in [1.165, 1.54) is 64.5 Å². The number of hydrogen-bond donors (Lipinski definition) is 2. The summed E-state index contributed by atoms with van der Waals surface area (Å²) in [5.74, 6) is 7.64. The molecule has 0 aromatic heterocycles. The van der Waals surface area contributed by atoms with Crippen LogP contribution >= 0.6 is 0 Å². The van der Waals surface area contributed by atoms with Crippen molar-refractivity contribution in [1.29, 1.82) is 0 Å². The summed E-state index contributed by atoms with van der Waals surface area (Å²) in [6, 6.07) is 0.422. The van der Waals surface area contributed by atoms with Gasteiger partial charge >= 0.3 is 0 Å². The molecule has 3 nitrogen and oxygen atoms in total. The molecule has 3 atom stereocenters. The van der Waals surface area contributed by atoms with Gasteiger partial charge in [0.25, 0.3) is 0 Å². The first-order valence-corrected chi connectivity index (χ1v) is 8.82. The monoisotopic (exact) mass is 281 g/mol. The van der Waals surface area contributed by atoms with Gasteiger partial charge < -0.3 is 0 Å². The van der Waals surface area contributed by atoms with Crippen molar-refractivity contribution in [3.8, 4) is 0 Å². The fourth-order valence-electron chi connectivity index (χ4n) is 4.70. The SMILES string of the molecule is CCC1CCCCC1C(NN)C(C)(C)N1CCCCC1. The van der Waals surface area contributed by atoms with Gasteiger partial charge in [-0.25, -0.2) is 0 Å². The second-order valence-electron chi connectivity index (χ2n) is 7.46. The Labute approximate surface area is 125 Å². The van der Waals surface area contributed by atoms with Gasteiger partial charge in [-0.1, -0.05) is 39.0 Å². The van der Waals surface area contributed by atoms with Crippen LogP contribution in [0.15, 0.2) is 0 Å². The molecule has 0 radical (unpaired) electrons. The summed E-state index contributed by atoms with van der Waals surface area (Å²) >= 11 is 0. The first-order chi connectivity index (χ1) is 9.61. The predicted molar refractivity (Wildman–Crippen MR) is 86.4 cm³/mol. The Morgan fingerprint density at radius 2 is 1.75 bits per heavy atom. The molecular weight excluding hydrogens is 246 g/mol. The summed E-state index contributed by atoms with van der Waals surface area (Å²) < 4.78 is 0. The minimum absolute atomic E-state index is 0.171. The van der Waals surface area contributed by atoms with E-state index in [9.17, 15) is 0 Å².